The molecule has 4 aromatic rings. The maximum absolute atomic E-state index is 12.3. The summed E-state index contributed by atoms with van der Waals surface area (Å²) in [5.74, 6) is 0.888. The highest BCUT2D eigenvalue weighted by Gasteiger charge is 2.21. The van der Waals surface area contributed by atoms with Gasteiger partial charge in [0.25, 0.3) is 0 Å². The summed E-state index contributed by atoms with van der Waals surface area (Å²) >= 11 is 2.56. The number of rotatable bonds is 6. The Morgan fingerprint density at radius 2 is 1.89 bits per heavy atom. The Balaban J connectivity index is 1.58. The van der Waals surface area contributed by atoms with Gasteiger partial charge in [-0.3, -0.25) is 4.79 Å². The molecular weight excluding hydrogens is 386 g/mol. The van der Waals surface area contributed by atoms with Crippen LogP contribution in [0.5, 0.6) is 0 Å². The van der Waals surface area contributed by atoms with Crippen molar-refractivity contribution in [2.75, 3.05) is 5.32 Å². The first kappa shape index (κ1) is 17.4. The number of anilines is 1. The number of carbonyl (C=O) groups is 1. The van der Waals surface area contributed by atoms with Crippen LogP contribution in [0.3, 0.4) is 0 Å². The smallest absolute Gasteiger partial charge is 0.239 e. The molecule has 0 aliphatic rings. The minimum atomic E-state index is -0.436. The fraction of sp³-hybridized carbons (Fsp3) is 0.118. The highest BCUT2D eigenvalue weighted by molar-refractivity contribution is 8.00. The van der Waals surface area contributed by atoms with Gasteiger partial charge in [0, 0.05) is 11.6 Å². The number of hydrogen-bond acceptors (Lipinski definition) is 9. The second kappa shape index (κ2) is 7.72. The second-order valence-corrected chi connectivity index (χ2v) is 7.54. The highest BCUT2D eigenvalue weighted by atomic mass is 32.2. The predicted molar refractivity (Wildman–Crippen MR) is 101 cm³/mol. The van der Waals surface area contributed by atoms with Crippen LogP contribution >= 0.6 is 23.1 Å². The summed E-state index contributed by atoms with van der Waals surface area (Å²) in [7, 11) is 0. The molecule has 0 aromatic carbocycles. The van der Waals surface area contributed by atoms with Crippen molar-refractivity contribution < 1.29 is 13.6 Å². The molecule has 4 rings (SSSR count). The monoisotopic (exact) mass is 399 g/mol. The van der Waals surface area contributed by atoms with Crippen LogP contribution in [-0.2, 0) is 4.79 Å². The predicted octanol–water partition coefficient (Wildman–Crippen LogP) is 3.97. The molecule has 0 saturated heterocycles. The first-order valence-electron chi connectivity index (χ1n) is 7.90. The first-order valence-corrected chi connectivity index (χ1v) is 9.66. The average Bonchev–Trinajstić information content (AvgIpc) is 3.43. The number of thioether (sulfide) groups is 1. The Hall–Kier alpha value is -2.98. The third-order valence-corrected chi connectivity index (χ3v) is 5.13. The summed E-state index contributed by atoms with van der Waals surface area (Å²) in [6.45, 7) is 1.77. The van der Waals surface area contributed by atoms with Crippen LogP contribution in [0.25, 0.3) is 22.9 Å². The van der Waals surface area contributed by atoms with E-state index in [2.05, 4.69) is 25.5 Å². The van der Waals surface area contributed by atoms with Crippen LogP contribution in [-0.4, -0.2) is 31.3 Å². The molecular formula is C17H13N5O3S2. The van der Waals surface area contributed by atoms with E-state index in [1.807, 2.05) is 0 Å². The largest absolute Gasteiger partial charge is 0.463 e. The summed E-state index contributed by atoms with van der Waals surface area (Å²) in [6, 6.07) is 7.08. The fourth-order valence-electron chi connectivity index (χ4n) is 2.23. The van der Waals surface area contributed by atoms with Gasteiger partial charge in [-0.25, -0.2) is 9.97 Å². The summed E-state index contributed by atoms with van der Waals surface area (Å²) in [5.41, 5.74) is 0.971. The van der Waals surface area contributed by atoms with E-state index in [0.29, 0.717) is 33.2 Å². The van der Waals surface area contributed by atoms with Gasteiger partial charge in [-0.2, -0.15) is 0 Å². The van der Waals surface area contributed by atoms with Crippen LogP contribution < -0.4 is 5.32 Å². The van der Waals surface area contributed by atoms with Gasteiger partial charge in [-0.15, -0.1) is 21.5 Å². The van der Waals surface area contributed by atoms with Crippen molar-refractivity contribution >= 4 is 34.1 Å². The van der Waals surface area contributed by atoms with Crippen LogP contribution in [0.2, 0.25) is 0 Å². The maximum Gasteiger partial charge on any atom is 0.239 e. The zero-order valence-electron chi connectivity index (χ0n) is 14.0. The van der Waals surface area contributed by atoms with Gasteiger partial charge in [0.05, 0.1) is 17.8 Å². The van der Waals surface area contributed by atoms with E-state index in [4.69, 9.17) is 8.83 Å². The number of nitrogens with one attached hydrogen (secondary N) is 1. The Labute approximate surface area is 162 Å². The molecule has 8 nitrogen and oxygen atoms in total. The molecule has 1 atom stereocenters. The molecule has 136 valence electrons. The van der Waals surface area contributed by atoms with Gasteiger partial charge >= 0.3 is 0 Å². The van der Waals surface area contributed by atoms with Gasteiger partial charge in [0.2, 0.25) is 11.1 Å². The summed E-state index contributed by atoms with van der Waals surface area (Å²) in [6.07, 6.45) is 4.74. The lowest BCUT2D eigenvalue weighted by Crippen LogP contribution is -2.22. The van der Waals surface area contributed by atoms with Crippen molar-refractivity contribution in [1.82, 2.24) is 20.2 Å². The van der Waals surface area contributed by atoms with Crippen molar-refractivity contribution in [3.05, 3.63) is 48.4 Å². The Morgan fingerprint density at radius 3 is 2.52 bits per heavy atom. The lowest BCUT2D eigenvalue weighted by atomic mass is 10.2. The van der Waals surface area contributed by atoms with E-state index in [1.165, 1.54) is 23.1 Å². The van der Waals surface area contributed by atoms with E-state index >= 15 is 0 Å². The number of aromatic nitrogens is 4. The molecule has 4 heterocycles. The minimum Gasteiger partial charge on any atom is -0.463 e. The van der Waals surface area contributed by atoms with Crippen molar-refractivity contribution in [3.63, 3.8) is 0 Å². The van der Waals surface area contributed by atoms with Crippen molar-refractivity contribution in [2.45, 2.75) is 17.3 Å². The van der Waals surface area contributed by atoms with Crippen molar-refractivity contribution in [1.29, 1.82) is 0 Å². The second-order valence-electron chi connectivity index (χ2n) is 5.33. The standard InChI is InChI=1S/C17H13N5O3S2/c1-10(15(23)20-16-18-6-9-26-16)27-17-19-13(11-4-2-7-24-11)14(21-22-17)12-5-3-8-25-12/h2-10H,1H3,(H,18,20,23). The zero-order chi connectivity index (χ0) is 18.6. The number of carbonyl (C=O) groups excluding carboxylic acids is 1. The van der Waals surface area contributed by atoms with Crippen molar-refractivity contribution in [2.24, 2.45) is 0 Å². The molecule has 0 bridgehead atoms. The van der Waals surface area contributed by atoms with E-state index in [0.717, 1.165) is 0 Å². The SMILES string of the molecule is CC(Sc1nnc(-c2ccco2)c(-c2ccco2)n1)C(=O)Nc1nccs1. The summed E-state index contributed by atoms with van der Waals surface area (Å²) in [4.78, 5) is 20.9. The average molecular weight is 399 g/mol. The zero-order valence-corrected chi connectivity index (χ0v) is 15.7. The number of amides is 1. The highest BCUT2D eigenvalue weighted by Crippen LogP contribution is 2.31. The van der Waals surface area contributed by atoms with E-state index in [9.17, 15) is 4.79 Å². The maximum atomic E-state index is 12.3. The molecule has 27 heavy (non-hydrogen) atoms. The molecule has 0 radical (unpaired) electrons. The van der Waals surface area contributed by atoms with Crippen LogP contribution in [0.15, 0.2) is 62.4 Å². The van der Waals surface area contributed by atoms with E-state index < -0.39 is 5.25 Å². The van der Waals surface area contributed by atoms with Gasteiger partial charge in [-0.1, -0.05) is 11.8 Å². The van der Waals surface area contributed by atoms with Crippen molar-refractivity contribution in [3.8, 4) is 22.9 Å². The van der Waals surface area contributed by atoms with Gasteiger partial charge < -0.3 is 14.2 Å². The third-order valence-electron chi connectivity index (χ3n) is 3.49. The number of thiazole rings is 1. The quantitative estimate of drug-likeness (QED) is 0.485. The normalized spacial score (nSPS) is 12.0. The molecule has 10 heteroatoms. The lowest BCUT2D eigenvalue weighted by Gasteiger charge is -2.10. The molecule has 0 fully saturated rings. The van der Waals surface area contributed by atoms with E-state index in [1.54, 1.807) is 55.3 Å². The number of furan rings is 2. The number of nitrogens with zero attached hydrogens (tertiary/aromatic N) is 4. The molecule has 1 amide bonds. The molecule has 0 saturated carbocycles. The molecule has 1 unspecified atom stereocenters. The molecule has 4 aromatic heterocycles. The van der Waals surface area contributed by atoms with Crippen LogP contribution in [0.1, 0.15) is 6.92 Å². The molecule has 0 aliphatic carbocycles. The number of hydrogen-bond donors (Lipinski definition) is 1. The summed E-state index contributed by atoms with van der Waals surface area (Å²) in [5, 5.41) is 13.4. The Bertz CT molecular complexity index is 1020. The van der Waals surface area contributed by atoms with Crippen LogP contribution in [0.4, 0.5) is 5.13 Å². The molecule has 0 spiro atoms. The molecule has 0 aliphatic heterocycles. The summed E-state index contributed by atoms with van der Waals surface area (Å²) < 4.78 is 10.9. The van der Waals surface area contributed by atoms with Gasteiger partial charge in [0.1, 0.15) is 5.69 Å². The van der Waals surface area contributed by atoms with E-state index in [-0.39, 0.29) is 5.91 Å². The Morgan fingerprint density at radius 1 is 1.15 bits per heavy atom. The van der Waals surface area contributed by atoms with Crippen LogP contribution in [0, 0.1) is 0 Å². The Kier molecular flexibility index (Phi) is 4.99. The first-order chi connectivity index (χ1) is 13.2. The van der Waals surface area contributed by atoms with Gasteiger partial charge in [0.15, 0.2) is 22.3 Å². The lowest BCUT2D eigenvalue weighted by molar-refractivity contribution is -0.115. The fourth-order valence-corrected chi connectivity index (χ4v) is 3.48. The topological polar surface area (TPSA) is 107 Å². The minimum absolute atomic E-state index is 0.187. The van der Waals surface area contributed by atoms with Gasteiger partial charge in [-0.05, 0) is 31.2 Å². The third kappa shape index (κ3) is 3.91. The molecule has 1 N–H and O–H groups in total.